The van der Waals surface area contributed by atoms with E-state index in [1.54, 1.807) is 18.5 Å². The van der Waals surface area contributed by atoms with Gasteiger partial charge in [-0.15, -0.1) is 0 Å². The van der Waals surface area contributed by atoms with E-state index in [4.69, 9.17) is 0 Å². The molecule has 4 rings (SSSR count). The molecular formula is C26H25N3O2. The summed E-state index contributed by atoms with van der Waals surface area (Å²) in [4.78, 5) is 32.2. The first-order valence-corrected chi connectivity index (χ1v) is 10.3. The van der Waals surface area contributed by atoms with Crippen LogP contribution in [0.25, 0.3) is 5.57 Å². The molecule has 5 nitrogen and oxygen atoms in total. The van der Waals surface area contributed by atoms with Crippen molar-refractivity contribution in [3.8, 4) is 0 Å². The molecule has 1 aliphatic rings. The molecule has 3 aromatic rings. The minimum Gasteiger partial charge on any atom is -0.350 e. The quantitative estimate of drug-likeness (QED) is 0.618. The van der Waals surface area contributed by atoms with Gasteiger partial charge < -0.3 is 5.32 Å². The minimum absolute atomic E-state index is 0.178. The third-order valence-electron chi connectivity index (χ3n) is 5.52. The zero-order valence-corrected chi connectivity index (χ0v) is 18.2. The second-order valence-electron chi connectivity index (χ2n) is 8.11. The van der Waals surface area contributed by atoms with Crippen molar-refractivity contribution in [2.75, 3.05) is 5.32 Å². The van der Waals surface area contributed by atoms with E-state index in [0.717, 1.165) is 39.1 Å². The topological polar surface area (TPSA) is 62.3 Å². The monoisotopic (exact) mass is 411 g/mol. The second kappa shape index (κ2) is 8.19. The van der Waals surface area contributed by atoms with Gasteiger partial charge in [0.2, 0.25) is 0 Å². The maximum absolute atomic E-state index is 13.4. The van der Waals surface area contributed by atoms with Crippen LogP contribution in [0.3, 0.4) is 0 Å². The van der Waals surface area contributed by atoms with Gasteiger partial charge in [-0.2, -0.15) is 0 Å². The Morgan fingerprint density at radius 3 is 2.26 bits per heavy atom. The molecule has 31 heavy (non-hydrogen) atoms. The predicted molar refractivity (Wildman–Crippen MR) is 122 cm³/mol. The number of carbonyl (C=O) groups excluding carboxylic acids is 2. The summed E-state index contributed by atoms with van der Waals surface area (Å²) in [5.41, 5.74) is 7.41. The van der Waals surface area contributed by atoms with E-state index in [1.165, 1.54) is 4.90 Å². The van der Waals surface area contributed by atoms with Gasteiger partial charge in [0.25, 0.3) is 11.8 Å². The Morgan fingerprint density at radius 2 is 1.61 bits per heavy atom. The SMILES string of the molecule is Cc1cc(C)cc(NC2=C(c3ccc(C)c(C)c3)C(=O)N(Cc3cccnc3)C2=O)c1. The number of carbonyl (C=O) groups is 2. The first-order valence-electron chi connectivity index (χ1n) is 10.3. The van der Waals surface area contributed by atoms with Crippen molar-refractivity contribution in [2.45, 2.75) is 34.2 Å². The Kier molecular flexibility index (Phi) is 5.42. The maximum Gasteiger partial charge on any atom is 0.278 e. The Labute approximate surface area is 182 Å². The van der Waals surface area contributed by atoms with Crippen LogP contribution in [0.4, 0.5) is 5.69 Å². The summed E-state index contributed by atoms with van der Waals surface area (Å²) < 4.78 is 0. The largest absolute Gasteiger partial charge is 0.350 e. The van der Waals surface area contributed by atoms with Gasteiger partial charge in [0.1, 0.15) is 5.70 Å². The fourth-order valence-corrected chi connectivity index (χ4v) is 3.87. The van der Waals surface area contributed by atoms with Gasteiger partial charge in [0, 0.05) is 18.1 Å². The van der Waals surface area contributed by atoms with E-state index in [9.17, 15) is 9.59 Å². The molecule has 1 aliphatic heterocycles. The van der Waals surface area contributed by atoms with E-state index in [0.29, 0.717) is 11.3 Å². The van der Waals surface area contributed by atoms with E-state index in [1.807, 2.05) is 64.1 Å². The summed E-state index contributed by atoms with van der Waals surface area (Å²) in [7, 11) is 0. The number of benzene rings is 2. The van der Waals surface area contributed by atoms with Crippen molar-refractivity contribution in [1.82, 2.24) is 9.88 Å². The smallest absolute Gasteiger partial charge is 0.278 e. The van der Waals surface area contributed by atoms with Gasteiger partial charge in [-0.05, 0) is 79.3 Å². The number of aryl methyl sites for hydroxylation is 4. The first kappa shape index (κ1) is 20.5. The number of hydrogen-bond donors (Lipinski definition) is 1. The molecule has 0 fully saturated rings. The lowest BCUT2D eigenvalue weighted by molar-refractivity contribution is -0.137. The maximum atomic E-state index is 13.4. The van der Waals surface area contributed by atoms with Crippen molar-refractivity contribution >= 4 is 23.1 Å². The van der Waals surface area contributed by atoms with Crippen LogP contribution in [0.2, 0.25) is 0 Å². The average Bonchev–Trinajstić information content (AvgIpc) is 2.94. The Morgan fingerprint density at radius 1 is 0.871 bits per heavy atom. The van der Waals surface area contributed by atoms with Crippen LogP contribution in [0.15, 0.2) is 66.6 Å². The van der Waals surface area contributed by atoms with E-state index in [-0.39, 0.29) is 18.4 Å². The van der Waals surface area contributed by atoms with Crippen LogP contribution in [0.5, 0.6) is 0 Å². The molecule has 0 bridgehead atoms. The number of amides is 2. The van der Waals surface area contributed by atoms with Crippen molar-refractivity contribution in [3.05, 3.63) is 100 Å². The summed E-state index contributed by atoms with van der Waals surface area (Å²) in [6, 6.07) is 15.5. The van der Waals surface area contributed by atoms with Crippen LogP contribution in [-0.4, -0.2) is 21.7 Å². The van der Waals surface area contributed by atoms with Crippen LogP contribution in [0.1, 0.15) is 33.4 Å². The van der Waals surface area contributed by atoms with Crippen molar-refractivity contribution in [3.63, 3.8) is 0 Å². The molecule has 1 aromatic heterocycles. The highest BCUT2D eigenvalue weighted by molar-refractivity contribution is 6.36. The molecular weight excluding hydrogens is 386 g/mol. The Hall–Kier alpha value is -3.73. The Bertz CT molecular complexity index is 1190. The lowest BCUT2D eigenvalue weighted by Gasteiger charge is -2.15. The second-order valence-corrected chi connectivity index (χ2v) is 8.11. The fraction of sp³-hybridized carbons (Fsp3) is 0.192. The number of rotatable bonds is 5. The summed E-state index contributed by atoms with van der Waals surface area (Å²) in [5.74, 6) is -0.634. The summed E-state index contributed by atoms with van der Waals surface area (Å²) in [5, 5.41) is 3.25. The highest BCUT2D eigenvalue weighted by atomic mass is 16.2. The summed E-state index contributed by atoms with van der Waals surface area (Å²) >= 11 is 0. The molecule has 0 radical (unpaired) electrons. The fourth-order valence-electron chi connectivity index (χ4n) is 3.87. The average molecular weight is 412 g/mol. The molecule has 2 heterocycles. The molecule has 2 amide bonds. The van der Waals surface area contributed by atoms with Gasteiger partial charge in [-0.3, -0.25) is 19.5 Å². The van der Waals surface area contributed by atoms with Crippen LogP contribution < -0.4 is 5.32 Å². The lowest BCUT2D eigenvalue weighted by atomic mass is 9.99. The zero-order valence-electron chi connectivity index (χ0n) is 18.2. The van der Waals surface area contributed by atoms with Gasteiger partial charge in [-0.1, -0.05) is 30.3 Å². The normalized spacial score (nSPS) is 13.9. The van der Waals surface area contributed by atoms with Crippen LogP contribution in [0, 0.1) is 27.7 Å². The molecule has 156 valence electrons. The number of nitrogens with zero attached hydrogens (tertiary/aromatic N) is 2. The highest BCUT2D eigenvalue weighted by Crippen LogP contribution is 2.32. The van der Waals surface area contributed by atoms with Crippen LogP contribution >= 0.6 is 0 Å². The van der Waals surface area contributed by atoms with E-state index in [2.05, 4.69) is 16.4 Å². The summed E-state index contributed by atoms with van der Waals surface area (Å²) in [6.45, 7) is 8.22. The van der Waals surface area contributed by atoms with Crippen molar-refractivity contribution < 1.29 is 9.59 Å². The van der Waals surface area contributed by atoms with E-state index >= 15 is 0 Å². The molecule has 1 N–H and O–H groups in total. The highest BCUT2D eigenvalue weighted by Gasteiger charge is 2.39. The van der Waals surface area contributed by atoms with Crippen molar-refractivity contribution in [1.29, 1.82) is 0 Å². The zero-order chi connectivity index (χ0) is 22.1. The van der Waals surface area contributed by atoms with Crippen molar-refractivity contribution in [2.24, 2.45) is 0 Å². The number of anilines is 1. The third kappa shape index (κ3) is 4.12. The number of imide groups is 1. The number of hydrogen-bond acceptors (Lipinski definition) is 4. The molecule has 0 saturated heterocycles. The van der Waals surface area contributed by atoms with E-state index < -0.39 is 0 Å². The molecule has 5 heteroatoms. The molecule has 0 aliphatic carbocycles. The number of nitrogens with one attached hydrogen (secondary N) is 1. The Balaban J connectivity index is 1.79. The first-order chi connectivity index (χ1) is 14.8. The van der Waals surface area contributed by atoms with Gasteiger partial charge in [0.15, 0.2) is 0 Å². The van der Waals surface area contributed by atoms with Crippen LogP contribution in [-0.2, 0) is 16.1 Å². The third-order valence-corrected chi connectivity index (χ3v) is 5.52. The molecule has 0 spiro atoms. The molecule has 2 aromatic carbocycles. The summed E-state index contributed by atoms with van der Waals surface area (Å²) in [6.07, 6.45) is 3.34. The van der Waals surface area contributed by atoms with Gasteiger partial charge in [0.05, 0.1) is 12.1 Å². The minimum atomic E-state index is -0.332. The molecule has 0 atom stereocenters. The standard InChI is InChI=1S/C26H25N3O2/c1-16-10-17(2)12-22(11-16)28-24-23(21-8-7-18(3)19(4)13-21)25(30)29(26(24)31)15-20-6-5-9-27-14-20/h5-14,28H,15H2,1-4H3. The molecule has 0 saturated carbocycles. The molecule has 0 unspecified atom stereocenters. The number of pyridine rings is 1. The van der Waals surface area contributed by atoms with Gasteiger partial charge in [-0.25, -0.2) is 0 Å². The number of aromatic nitrogens is 1. The lowest BCUT2D eigenvalue weighted by Crippen LogP contribution is -2.32. The van der Waals surface area contributed by atoms with Gasteiger partial charge >= 0.3 is 0 Å². The predicted octanol–water partition coefficient (Wildman–Crippen LogP) is 4.71.